The Kier molecular flexibility index (Phi) is 7.41. The van der Waals surface area contributed by atoms with Crippen LogP contribution in [-0.2, 0) is 17.6 Å². The molecule has 1 aliphatic heterocycles. The van der Waals surface area contributed by atoms with Gasteiger partial charge in [0.05, 0.1) is 0 Å². The van der Waals surface area contributed by atoms with Crippen molar-refractivity contribution in [1.82, 2.24) is 5.32 Å². The quantitative estimate of drug-likeness (QED) is 0.239. The summed E-state index contributed by atoms with van der Waals surface area (Å²) in [5.41, 5.74) is 9.28. The van der Waals surface area contributed by atoms with E-state index in [0.717, 1.165) is 23.0 Å². The summed E-state index contributed by atoms with van der Waals surface area (Å²) in [6.45, 7) is 4.08. The predicted octanol–water partition coefficient (Wildman–Crippen LogP) is -1.71. The molecule has 0 unspecified atom stereocenters. The minimum atomic E-state index is -0.233. The van der Waals surface area contributed by atoms with Gasteiger partial charge in [0.1, 0.15) is 0 Å². The molecule has 6 heteroatoms. The first-order chi connectivity index (χ1) is 11.5. The topological polar surface area (TPSA) is 52.6 Å². The fraction of sp³-hybridized carbons (Fsp3) is 0.611. The number of benzene rings is 1. The summed E-state index contributed by atoms with van der Waals surface area (Å²) < 4.78 is 1.13. The van der Waals surface area contributed by atoms with Gasteiger partial charge in [-0.1, -0.05) is 0 Å². The summed E-state index contributed by atoms with van der Waals surface area (Å²) in [7, 11) is 2.00. The second-order valence-corrected chi connectivity index (χ2v) is 8.76. The second kappa shape index (κ2) is 9.08. The molecule has 0 saturated heterocycles. The summed E-state index contributed by atoms with van der Waals surface area (Å²) in [4.78, 5) is 14.7. The summed E-state index contributed by atoms with van der Waals surface area (Å²) in [6.07, 6.45) is 2.81. The van der Waals surface area contributed by atoms with Crippen molar-refractivity contribution >= 4 is 17.3 Å². The predicted molar refractivity (Wildman–Crippen MR) is 95.1 cm³/mol. The molecule has 1 aromatic carbocycles. The Balaban J connectivity index is 2.36. The van der Waals surface area contributed by atoms with E-state index in [1.165, 1.54) is 11.1 Å². The molecule has 0 aromatic heterocycles. The molecule has 1 aliphatic rings. The van der Waals surface area contributed by atoms with Gasteiger partial charge in [-0.15, -0.1) is 0 Å². The molecule has 1 heterocycles. The van der Waals surface area contributed by atoms with Gasteiger partial charge in [-0.05, 0) is 0 Å². The van der Waals surface area contributed by atoms with Crippen LogP contribution >= 0.6 is 0 Å². The van der Waals surface area contributed by atoms with Crippen LogP contribution in [0, 0.1) is 5.92 Å². The van der Waals surface area contributed by atoms with Crippen LogP contribution in [-0.4, -0.2) is 46.9 Å². The fourth-order valence-electron chi connectivity index (χ4n) is 3.40. The first-order valence-electron chi connectivity index (χ1n) is 8.51. The van der Waals surface area contributed by atoms with Crippen LogP contribution in [0.2, 0.25) is 0 Å². The molecule has 0 spiro atoms. The molecule has 2 atom stereocenters. The molecule has 0 aliphatic carbocycles. The number of aryl methyl sites for hydroxylation is 1. The number of nitrogens with one attached hydrogen (secondary N) is 1. The Morgan fingerprint density at radius 3 is 2.83 bits per heavy atom. The Hall–Kier alpha value is -0.755. The maximum atomic E-state index is 12.6. The standard InChI is InChI=1S/C18H27BIN2O2/c1-12(2)17-18(24)21-15(11-23)10-14-7-6-13(5-4-8-20-19)9-16(14)22(17)3/h6-7,9,12,15,17,23H,4-5,8,10-11H2,1-3H3,(H,21,24)/q-1/t15-,17-/m0/s1. The van der Waals surface area contributed by atoms with E-state index >= 15 is 0 Å². The fourth-order valence-corrected chi connectivity index (χ4v) is 4.22. The van der Waals surface area contributed by atoms with Crippen LogP contribution in [0.3, 0.4) is 0 Å². The first kappa shape index (κ1) is 19.6. The minimum absolute atomic E-state index is 0.00418. The van der Waals surface area contributed by atoms with Crippen LogP contribution in [0.25, 0.3) is 0 Å². The third-order valence-electron chi connectivity index (χ3n) is 4.59. The van der Waals surface area contributed by atoms with Crippen molar-refractivity contribution in [3.63, 3.8) is 0 Å². The van der Waals surface area contributed by atoms with E-state index in [2.05, 4.69) is 42.3 Å². The molecule has 4 nitrogen and oxygen atoms in total. The number of hydrogen-bond donors (Lipinski definition) is 2. The molecule has 0 fully saturated rings. The second-order valence-electron chi connectivity index (χ2n) is 6.80. The number of aliphatic hydroxyl groups excluding tert-OH is 1. The van der Waals surface area contributed by atoms with E-state index in [9.17, 15) is 9.90 Å². The van der Waals surface area contributed by atoms with Crippen molar-refractivity contribution in [2.24, 2.45) is 5.92 Å². The van der Waals surface area contributed by atoms with Gasteiger partial charge in [0.2, 0.25) is 0 Å². The van der Waals surface area contributed by atoms with E-state index < -0.39 is 0 Å². The SMILES string of the molecule is [B][I-]CCCc1ccc2c(c1)N(C)[C@@H](C(C)C)C(=O)N[C@H](CO)C2. The van der Waals surface area contributed by atoms with Crippen LogP contribution in [0.4, 0.5) is 5.69 Å². The number of likely N-dealkylation sites (N-methyl/N-ethyl adjacent to an activating group) is 1. The summed E-state index contributed by atoms with van der Waals surface area (Å²) >= 11 is -0.140. The Morgan fingerprint density at radius 1 is 1.46 bits per heavy atom. The molecule has 2 N–H and O–H groups in total. The van der Waals surface area contributed by atoms with Crippen molar-refractivity contribution in [2.75, 3.05) is 23.0 Å². The number of halogens is 1. The molecule has 24 heavy (non-hydrogen) atoms. The van der Waals surface area contributed by atoms with Crippen molar-refractivity contribution in [3.05, 3.63) is 29.3 Å². The number of aliphatic hydroxyl groups is 1. The number of fused-ring (bicyclic) bond motifs is 1. The van der Waals surface area contributed by atoms with E-state index in [1.807, 2.05) is 7.05 Å². The molecule has 2 radical (unpaired) electrons. The third kappa shape index (κ3) is 4.66. The number of hydrogen-bond acceptors (Lipinski definition) is 3. The van der Waals surface area contributed by atoms with E-state index in [4.69, 9.17) is 5.70 Å². The van der Waals surface area contributed by atoms with Crippen LogP contribution in [0.15, 0.2) is 18.2 Å². The number of nitrogens with zero attached hydrogens (tertiary/aromatic N) is 1. The number of carbonyl (C=O) groups is 1. The van der Waals surface area contributed by atoms with E-state index in [0.29, 0.717) is 6.42 Å². The zero-order valence-corrected chi connectivity index (χ0v) is 16.9. The van der Waals surface area contributed by atoms with Crippen LogP contribution in [0.5, 0.6) is 0 Å². The third-order valence-corrected chi connectivity index (χ3v) is 5.97. The Bertz CT molecular complexity index is 568. The van der Waals surface area contributed by atoms with E-state index in [1.54, 1.807) is 0 Å². The monoisotopic (exact) mass is 441 g/mol. The summed E-state index contributed by atoms with van der Waals surface area (Å²) in [5, 5.41) is 12.6. The average Bonchev–Trinajstić information content (AvgIpc) is 2.54. The Morgan fingerprint density at radius 2 is 2.21 bits per heavy atom. The van der Waals surface area contributed by atoms with Crippen molar-refractivity contribution in [3.8, 4) is 0 Å². The van der Waals surface area contributed by atoms with Gasteiger partial charge in [0.15, 0.2) is 0 Å². The molecule has 132 valence electrons. The van der Waals surface area contributed by atoms with Gasteiger partial charge in [-0.2, -0.15) is 0 Å². The normalized spacial score (nSPS) is 21.4. The Labute approximate surface area is 156 Å². The molecular weight excluding hydrogens is 414 g/mol. The summed E-state index contributed by atoms with van der Waals surface area (Å²) in [5.74, 6) is 0.182. The number of carbonyl (C=O) groups excluding carboxylic acids is 1. The van der Waals surface area contributed by atoms with Gasteiger partial charge >= 0.3 is 157 Å². The molecule has 1 amide bonds. The van der Waals surface area contributed by atoms with Crippen molar-refractivity contribution in [2.45, 2.75) is 45.2 Å². The molecule has 0 bridgehead atoms. The summed E-state index contributed by atoms with van der Waals surface area (Å²) in [6, 6.07) is 6.08. The molecule has 1 aromatic rings. The maximum absolute atomic E-state index is 12.6. The van der Waals surface area contributed by atoms with Gasteiger partial charge in [0.25, 0.3) is 0 Å². The zero-order valence-electron chi connectivity index (χ0n) is 14.8. The molecular formula is C18H27BIN2O2-. The number of anilines is 1. The number of alkyl halides is 1. The van der Waals surface area contributed by atoms with Gasteiger partial charge in [0, 0.05) is 0 Å². The van der Waals surface area contributed by atoms with Crippen molar-refractivity contribution in [1.29, 1.82) is 0 Å². The van der Waals surface area contributed by atoms with Gasteiger partial charge < -0.3 is 0 Å². The van der Waals surface area contributed by atoms with Crippen LogP contribution in [0.1, 0.15) is 31.4 Å². The number of amides is 1. The number of rotatable bonds is 6. The molecule has 0 saturated carbocycles. The average molecular weight is 441 g/mol. The first-order valence-corrected chi connectivity index (χ1v) is 11.3. The van der Waals surface area contributed by atoms with Crippen molar-refractivity contribution < 1.29 is 30.9 Å². The van der Waals surface area contributed by atoms with E-state index in [-0.39, 0.29) is 51.5 Å². The van der Waals surface area contributed by atoms with Gasteiger partial charge in [-0.25, -0.2) is 0 Å². The van der Waals surface area contributed by atoms with Gasteiger partial charge in [-0.3, -0.25) is 0 Å². The van der Waals surface area contributed by atoms with Crippen LogP contribution < -0.4 is 31.2 Å². The zero-order chi connectivity index (χ0) is 17.7. The molecule has 2 rings (SSSR count).